The van der Waals surface area contributed by atoms with Crippen LogP contribution in [0.5, 0.6) is 5.75 Å². The van der Waals surface area contributed by atoms with Crippen LogP contribution < -0.4 is 10.1 Å². The number of carbonyl (C=O) groups is 1. The summed E-state index contributed by atoms with van der Waals surface area (Å²) in [6.45, 7) is 4.76. The molecule has 24 heavy (non-hydrogen) atoms. The number of sulfonamides is 1. The first kappa shape index (κ1) is 20.4. The van der Waals surface area contributed by atoms with Crippen molar-refractivity contribution in [1.29, 1.82) is 0 Å². The van der Waals surface area contributed by atoms with E-state index in [1.807, 2.05) is 26.0 Å². The van der Waals surface area contributed by atoms with Crippen LogP contribution in [0.2, 0.25) is 0 Å². The highest BCUT2D eigenvalue weighted by Crippen LogP contribution is 2.14. The second kappa shape index (κ2) is 9.64. The number of benzene rings is 1. The second-order valence-electron chi connectivity index (χ2n) is 5.75. The summed E-state index contributed by atoms with van der Waals surface area (Å²) in [6.07, 6.45) is 2.74. The van der Waals surface area contributed by atoms with Crippen molar-refractivity contribution in [2.24, 2.45) is 5.92 Å². The molecule has 0 aromatic heterocycles. The molecule has 1 rings (SSSR count). The minimum absolute atomic E-state index is 0.0155. The van der Waals surface area contributed by atoms with Gasteiger partial charge in [-0.3, -0.25) is 4.79 Å². The zero-order valence-electron chi connectivity index (χ0n) is 14.9. The Morgan fingerprint density at radius 1 is 1.21 bits per heavy atom. The first-order valence-electron chi connectivity index (χ1n) is 8.17. The third-order valence-corrected chi connectivity index (χ3v) is 5.25. The molecule has 1 aromatic rings. The number of methoxy groups -OCH3 is 1. The van der Waals surface area contributed by atoms with E-state index in [9.17, 15) is 13.2 Å². The van der Waals surface area contributed by atoms with Crippen LogP contribution in [0.1, 0.15) is 32.3 Å². The lowest BCUT2D eigenvalue weighted by molar-refractivity contribution is -0.125. The Morgan fingerprint density at radius 2 is 1.79 bits per heavy atom. The minimum Gasteiger partial charge on any atom is -0.497 e. The SMILES string of the molecule is CCC(CC)C(=O)NCCN(Cc1ccc(OC)cc1)S(C)(=O)=O. The minimum atomic E-state index is -3.36. The largest absolute Gasteiger partial charge is 0.497 e. The maximum absolute atomic E-state index is 12.0. The molecule has 7 heteroatoms. The fourth-order valence-corrected chi connectivity index (χ4v) is 3.21. The van der Waals surface area contributed by atoms with Crippen molar-refractivity contribution in [2.75, 3.05) is 26.5 Å². The summed E-state index contributed by atoms with van der Waals surface area (Å²) in [6, 6.07) is 7.26. The molecule has 0 radical (unpaired) electrons. The quantitative estimate of drug-likeness (QED) is 0.696. The van der Waals surface area contributed by atoms with Gasteiger partial charge in [0, 0.05) is 25.6 Å². The molecule has 0 fully saturated rings. The van der Waals surface area contributed by atoms with E-state index in [1.54, 1.807) is 19.2 Å². The van der Waals surface area contributed by atoms with E-state index < -0.39 is 10.0 Å². The van der Waals surface area contributed by atoms with Gasteiger partial charge in [0.15, 0.2) is 0 Å². The van der Waals surface area contributed by atoms with E-state index in [0.29, 0.717) is 6.54 Å². The van der Waals surface area contributed by atoms with E-state index >= 15 is 0 Å². The molecule has 0 saturated heterocycles. The van der Waals surface area contributed by atoms with Crippen LogP contribution in [0.25, 0.3) is 0 Å². The van der Waals surface area contributed by atoms with Crippen LogP contribution in [0, 0.1) is 5.92 Å². The number of amides is 1. The maximum atomic E-state index is 12.0. The predicted molar refractivity (Wildman–Crippen MR) is 95.3 cm³/mol. The second-order valence-corrected chi connectivity index (χ2v) is 7.73. The average molecular weight is 356 g/mol. The van der Waals surface area contributed by atoms with Crippen molar-refractivity contribution in [2.45, 2.75) is 33.2 Å². The van der Waals surface area contributed by atoms with Crippen molar-refractivity contribution < 1.29 is 17.9 Å². The fourth-order valence-electron chi connectivity index (χ4n) is 2.40. The third kappa shape index (κ3) is 6.49. The van der Waals surface area contributed by atoms with Gasteiger partial charge in [0.05, 0.1) is 13.4 Å². The molecule has 6 nitrogen and oxygen atoms in total. The molecule has 0 aliphatic rings. The van der Waals surface area contributed by atoms with Crippen molar-refractivity contribution in [3.05, 3.63) is 29.8 Å². The smallest absolute Gasteiger partial charge is 0.223 e. The molecule has 1 amide bonds. The van der Waals surface area contributed by atoms with Crippen LogP contribution in [0.15, 0.2) is 24.3 Å². The molecule has 0 aliphatic heterocycles. The molecule has 0 unspecified atom stereocenters. The van der Waals surface area contributed by atoms with Crippen LogP contribution in [-0.2, 0) is 21.4 Å². The Morgan fingerprint density at radius 3 is 2.25 bits per heavy atom. The molecule has 1 aromatic carbocycles. The normalized spacial score (nSPS) is 11.8. The Bertz CT molecular complexity index is 610. The van der Waals surface area contributed by atoms with Gasteiger partial charge in [-0.25, -0.2) is 8.42 Å². The lowest BCUT2D eigenvalue weighted by Gasteiger charge is -2.21. The van der Waals surface area contributed by atoms with Gasteiger partial charge < -0.3 is 10.1 Å². The average Bonchev–Trinajstić information content (AvgIpc) is 2.54. The van der Waals surface area contributed by atoms with Crippen molar-refractivity contribution in [1.82, 2.24) is 9.62 Å². The standard InChI is InChI=1S/C17H28N2O4S/c1-5-15(6-2)17(20)18-11-12-19(24(4,21)22)13-14-7-9-16(23-3)10-8-14/h7-10,15H,5-6,11-13H2,1-4H3,(H,18,20). The summed E-state index contributed by atoms with van der Waals surface area (Å²) in [4.78, 5) is 12.0. The Labute approximate surface area is 145 Å². The van der Waals surface area contributed by atoms with Crippen LogP contribution in [0.4, 0.5) is 0 Å². The Balaban J connectivity index is 2.65. The fraction of sp³-hybridized carbons (Fsp3) is 0.588. The Kier molecular flexibility index (Phi) is 8.21. The monoisotopic (exact) mass is 356 g/mol. The van der Waals surface area contributed by atoms with Gasteiger partial charge in [-0.2, -0.15) is 4.31 Å². The summed E-state index contributed by atoms with van der Waals surface area (Å²) in [5.41, 5.74) is 0.868. The number of nitrogens with zero attached hydrogens (tertiary/aromatic N) is 1. The number of nitrogens with one attached hydrogen (secondary N) is 1. The van der Waals surface area contributed by atoms with Crippen LogP contribution >= 0.6 is 0 Å². The summed E-state index contributed by atoms with van der Waals surface area (Å²) >= 11 is 0. The van der Waals surface area contributed by atoms with Crippen molar-refractivity contribution >= 4 is 15.9 Å². The van der Waals surface area contributed by atoms with E-state index in [2.05, 4.69) is 5.32 Å². The number of ether oxygens (including phenoxy) is 1. The number of hydrogen-bond donors (Lipinski definition) is 1. The molecule has 1 N–H and O–H groups in total. The molecule has 136 valence electrons. The number of carbonyl (C=O) groups excluding carboxylic acids is 1. The number of hydrogen-bond acceptors (Lipinski definition) is 4. The third-order valence-electron chi connectivity index (χ3n) is 4.00. The van der Waals surface area contributed by atoms with Gasteiger partial charge in [-0.05, 0) is 30.5 Å². The van der Waals surface area contributed by atoms with Gasteiger partial charge >= 0.3 is 0 Å². The van der Waals surface area contributed by atoms with Crippen molar-refractivity contribution in [3.63, 3.8) is 0 Å². The molecule has 0 aliphatic carbocycles. The molecular weight excluding hydrogens is 328 g/mol. The lowest BCUT2D eigenvalue weighted by atomic mass is 10.0. The summed E-state index contributed by atoms with van der Waals surface area (Å²) in [7, 11) is -1.77. The zero-order chi connectivity index (χ0) is 18.2. The summed E-state index contributed by atoms with van der Waals surface area (Å²) in [5, 5.41) is 2.83. The topological polar surface area (TPSA) is 75.7 Å². The van der Waals surface area contributed by atoms with Crippen molar-refractivity contribution in [3.8, 4) is 5.75 Å². The van der Waals surface area contributed by atoms with E-state index in [4.69, 9.17) is 4.74 Å². The van der Waals surface area contributed by atoms with Crippen LogP contribution in [-0.4, -0.2) is 45.1 Å². The molecule has 0 heterocycles. The summed E-state index contributed by atoms with van der Waals surface area (Å²) in [5.74, 6) is 0.693. The van der Waals surface area contributed by atoms with E-state index in [1.165, 1.54) is 10.6 Å². The first-order chi connectivity index (χ1) is 11.3. The highest BCUT2D eigenvalue weighted by Gasteiger charge is 2.18. The first-order valence-corrected chi connectivity index (χ1v) is 10.0. The number of rotatable bonds is 10. The van der Waals surface area contributed by atoms with E-state index in [0.717, 1.165) is 24.2 Å². The molecule has 0 atom stereocenters. The Hall–Kier alpha value is -1.60. The molecule has 0 saturated carbocycles. The molecule has 0 spiro atoms. The molecular formula is C17H28N2O4S. The zero-order valence-corrected chi connectivity index (χ0v) is 15.7. The summed E-state index contributed by atoms with van der Waals surface area (Å²) < 4.78 is 30.4. The van der Waals surface area contributed by atoms with Gasteiger partial charge in [0.1, 0.15) is 5.75 Å². The van der Waals surface area contributed by atoms with Gasteiger partial charge in [0.25, 0.3) is 0 Å². The lowest BCUT2D eigenvalue weighted by Crippen LogP contribution is -2.39. The van der Waals surface area contributed by atoms with Crippen LogP contribution in [0.3, 0.4) is 0 Å². The maximum Gasteiger partial charge on any atom is 0.223 e. The van der Waals surface area contributed by atoms with Gasteiger partial charge in [-0.1, -0.05) is 26.0 Å². The van der Waals surface area contributed by atoms with Gasteiger partial charge in [-0.15, -0.1) is 0 Å². The van der Waals surface area contributed by atoms with E-state index in [-0.39, 0.29) is 24.9 Å². The highest BCUT2D eigenvalue weighted by atomic mass is 32.2. The van der Waals surface area contributed by atoms with Gasteiger partial charge in [0.2, 0.25) is 15.9 Å². The highest BCUT2D eigenvalue weighted by molar-refractivity contribution is 7.88. The predicted octanol–water partition coefficient (Wildman–Crippen LogP) is 2.01. The molecule has 0 bridgehead atoms.